The van der Waals surface area contributed by atoms with Crippen LogP contribution in [0, 0.1) is 34.5 Å². The molecule has 26 heavy (non-hydrogen) atoms. The molecule has 4 aliphatic carbocycles. The third-order valence-electron chi connectivity index (χ3n) is 9.31. The van der Waals surface area contributed by atoms with Gasteiger partial charge in [-0.2, -0.15) is 0 Å². The number of allylic oxidation sites excluding steroid dienone is 1. The van der Waals surface area contributed by atoms with E-state index in [4.69, 9.17) is 9.98 Å². The highest BCUT2D eigenvalue weighted by atomic mass is 14.9. The van der Waals surface area contributed by atoms with Crippen LogP contribution in [0.3, 0.4) is 0 Å². The quantitative estimate of drug-likeness (QED) is 0.416. The van der Waals surface area contributed by atoms with Gasteiger partial charge in [0, 0.05) is 17.3 Å². The predicted molar refractivity (Wildman–Crippen MR) is 110 cm³/mol. The molecule has 1 heterocycles. The lowest BCUT2D eigenvalue weighted by molar-refractivity contribution is -0.0148. The van der Waals surface area contributed by atoms with Crippen molar-refractivity contribution in [1.29, 1.82) is 0 Å². The molecule has 0 aromatic carbocycles. The average Bonchev–Trinajstić information content (AvgIpc) is 3.12. The molecule has 2 heteroatoms. The molecule has 3 saturated carbocycles. The highest BCUT2D eigenvalue weighted by molar-refractivity contribution is 5.79. The van der Waals surface area contributed by atoms with E-state index in [1.165, 1.54) is 57.1 Å². The molecule has 0 radical (unpaired) electrons. The third kappa shape index (κ3) is 2.23. The van der Waals surface area contributed by atoms with Crippen LogP contribution in [0.15, 0.2) is 21.6 Å². The summed E-state index contributed by atoms with van der Waals surface area (Å²) in [5, 5.41) is 0. The van der Waals surface area contributed by atoms with E-state index in [9.17, 15) is 0 Å². The van der Waals surface area contributed by atoms with Gasteiger partial charge in [-0.3, -0.25) is 9.98 Å². The van der Waals surface area contributed by atoms with Crippen molar-refractivity contribution in [3.8, 4) is 0 Å². The van der Waals surface area contributed by atoms with Crippen molar-refractivity contribution in [2.45, 2.75) is 91.1 Å². The van der Waals surface area contributed by atoms with Crippen molar-refractivity contribution in [3.05, 3.63) is 11.6 Å². The molecule has 5 aliphatic rings. The first kappa shape index (κ1) is 17.2. The predicted octanol–water partition coefficient (Wildman–Crippen LogP) is 5.87. The number of fused-ring (bicyclic) bond motifs is 4. The summed E-state index contributed by atoms with van der Waals surface area (Å²) < 4.78 is 0. The second-order valence-electron chi connectivity index (χ2n) is 10.6. The molecule has 8 atom stereocenters. The van der Waals surface area contributed by atoms with Crippen molar-refractivity contribution in [2.24, 2.45) is 44.5 Å². The van der Waals surface area contributed by atoms with Crippen molar-refractivity contribution in [2.75, 3.05) is 0 Å². The Morgan fingerprint density at radius 1 is 1.08 bits per heavy atom. The molecule has 0 aromatic rings. The van der Waals surface area contributed by atoms with E-state index in [1.807, 2.05) is 0 Å². The van der Waals surface area contributed by atoms with Crippen LogP contribution in [0.5, 0.6) is 0 Å². The molecular weight excluding hydrogens is 316 g/mol. The Morgan fingerprint density at radius 2 is 1.88 bits per heavy atom. The molecule has 0 bridgehead atoms. The van der Waals surface area contributed by atoms with Gasteiger partial charge in [-0.1, -0.05) is 18.6 Å². The van der Waals surface area contributed by atoms with Gasteiger partial charge < -0.3 is 0 Å². The Kier molecular flexibility index (Phi) is 3.83. The van der Waals surface area contributed by atoms with Crippen molar-refractivity contribution < 1.29 is 0 Å². The van der Waals surface area contributed by atoms with Crippen LogP contribution in [-0.4, -0.2) is 24.0 Å². The van der Waals surface area contributed by atoms with Gasteiger partial charge in [-0.25, -0.2) is 0 Å². The lowest BCUT2D eigenvalue weighted by Crippen LogP contribution is -2.51. The molecule has 0 N–H and O–H groups in total. The number of rotatable bonds is 1. The third-order valence-corrected chi connectivity index (χ3v) is 9.31. The fourth-order valence-electron chi connectivity index (χ4n) is 8.19. The SMILES string of the molecule is CC(C)=N[C@H]1CC[C@@]2(C)C(=CC[C@H]3[C@@H]4CC[C@@H]5[C@H](C)N=C[C@@]54CC[C@@H]32)C1. The van der Waals surface area contributed by atoms with Crippen LogP contribution in [-0.2, 0) is 0 Å². The Hall–Kier alpha value is -0.920. The lowest BCUT2D eigenvalue weighted by atomic mass is 9.47. The number of aliphatic imine (C=N–C) groups is 2. The van der Waals surface area contributed by atoms with Crippen molar-refractivity contribution in [1.82, 2.24) is 0 Å². The number of nitrogens with zero attached hydrogens (tertiary/aromatic N) is 2. The van der Waals surface area contributed by atoms with Crippen LogP contribution in [0.2, 0.25) is 0 Å². The Morgan fingerprint density at radius 3 is 2.69 bits per heavy atom. The van der Waals surface area contributed by atoms with Crippen molar-refractivity contribution >= 4 is 11.9 Å². The Bertz CT molecular complexity index is 684. The van der Waals surface area contributed by atoms with Crippen LogP contribution < -0.4 is 0 Å². The summed E-state index contributed by atoms with van der Waals surface area (Å²) >= 11 is 0. The topological polar surface area (TPSA) is 24.7 Å². The summed E-state index contributed by atoms with van der Waals surface area (Å²) in [6, 6.07) is 1.12. The minimum Gasteiger partial charge on any atom is -0.294 e. The van der Waals surface area contributed by atoms with E-state index in [-0.39, 0.29) is 0 Å². The van der Waals surface area contributed by atoms with Gasteiger partial charge in [-0.05, 0) is 101 Å². The average molecular weight is 353 g/mol. The zero-order valence-electron chi connectivity index (χ0n) is 17.2. The van der Waals surface area contributed by atoms with Gasteiger partial charge in [0.25, 0.3) is 0 Å². The summed E-state index contributed by atoms with van der Waals surface area (Å²) in [6.07, 6.45) is 16.1. The van der Waals surface area contributed by atoms with Gasteiger partial charge in [0.1, 0.15) is 0 Å². The molecular formula is C24H36N2. The van der Waals surface area contributed by atoms with Gasteiger partial charge in [-0.15, -0.1) is 0 Å². The summed E-state index contributed by atoms with van der Waals surface area (Å²) in [5.74, 6) is 3.58. The smallest absolute Gasteiger partial charge is 0.0536 e. The maximum Gasteiger partial charge on any atom is 0.0536 e. The van der Waals surface area contributed by atoms with Gasteiger partial charge >= 0.3 is 0 Å². The van der Waals surface area contributed by atoms with E-state index >= 15 is 0 Å². The molecule has 2 nitrogen and oxygen atoms in total. The van der Waals surface area contributed by atoms with Crippen LogP contribution >= 0.6 is 0 Å². The van der Waals surface area contributed by atoms with E-state index in [2.05, 4.69) is 40.0 Å². The van der Waals surface area contributed by atoms with Crippen LogP contribution in [0.4, 0.5) is 0 Å². The molecule has 3 fully saturated rings. The zero-order valence-corrected chi connectivity index (χ0v) is 17.2. The molecule has 1 aliphatic heterocycles. The molecule has 0 amide bonds. The molecule has 1 spiro atoms. The summed E-state index contributed by atoms with van der Waals surface area (Å²) in [4.78, 5) is 9.84. The zero-order chi connectivity index (χ0) is 18.1. The molecule has 5 rings (SSSR count). The first-order valence-corrected chi connectivity index (χ1v) is 11.2. The number of hydrogen-bond donors (Lipinski definition) is 0. The molecule has 0 saturated heterocycles. The lowest BCUT2D eigenvalue weighted by Gasteiger charge is -2.57. The monoisotopic (exact) mass is 352 g/mol. The normalized spacial score (nSPS) is 51.8. The molecule has 0 aromatic heterocycles. The molecule has 0 unspecified atom stereocenters. The van der Waals surface area contributed by atoms with E-state index in [0.717, 1.165) is 23.7 Å². The Balaban J connectivity index is 1.44. The largest absolute Gasteiger partial charge is 0.294 e. The maximum atomic E-state index is 4.92. The maximum absolute atomic E-state index is 4.92. The van der Waals surface area contributed by atoms with E-state index in [1.54, 1.807) is 5.57 Å². The van der Waals surface area contributed by atoms with Crippen molar-refractivity contribution in [3.63, 3.8) is 0 Å². The standard InChI is InChI=1S/C24H36N2/c1-15(2)26-18-9-11-23(4)17(13-18)5-6-19-21(23)10-12-24-14-25-16(3)20(24)7-8-22(19)24/h5,14,16,18-22H,6-13H2,1-4H3/t16-,18-,19+,20+,21-,22-,23-,24-/m0/s1. The van der Waals surface area contributed by atoms with Crippen LogP contribution in [0.25, 0.3) is 0 Å². The van der Waals surface area contributed by atoms with E-state index in [0.29, 0.717) is 22.9 Å². The van der Waals surface area contributed by atoms with Gasteiger partial charge in [0.05, 0.1) is 12.1 Å². The summed E-state index contributed by atoms with van der Waals surface area (Å²) in [6.45, 7) is 9.28. The first-order chi connectivity index (χ1) is 12.4. The van der Waals surface area contributed by atoms with Gasteiger partial charge in [0.15, 0.2) is 0 Å². The minimum atomic E-state index is 0.456. The highest BCUT2D eigenvalue weighted by Gasteiger charge is 2.62. The first-order valence-electron chi connectivity index (χ1n) is 11.2. The second-order valence-corrected chi connectivity index (χ2v) is 10.6. The van der Waals surface area contributed by atoms with Gasteiger partial charge in [0.2, 0.25) is 0 Å². The van der Waals surface area contributed by atoms with E-state index < -0.39 is 0 Å². The minimum absolute atomic E-state index is 0.456. The summed E-state index contributed by atoms with van der Waals surface area (Å²) in [7, 11) is 0. The highest BCUT2D eigenvalue weighted by Crippen LogP contribution is 2.67. The van der Waals surface area contributed by atoms with Crippen LogP contribution in [0.1, 0.15) is 79.1 Å². The fraction of sp³-hybridized carbons (Fsp3) is 0.833. The Labute approximate surface area is 159 Å². The number of hydrogen-bond acceptors (Lipinski definition) is 2. The second kappa shape index (κ2) is 5.79. The molecule has 142 valence electrons. The fourth-order valence-corrected chi connectivity index (χ4v) is 8.19. The summed E-state index contributed by atoms with van der Waals surface area (Å²) in [5.41, 5.74) is 3.94.